The minimum Gasteiger partial charge on any atom is -0.493 e. The largest absolute Gasteiger partial charge is 0.493 e. The Bertz CT molecular complexity index is 2270. The van der Waals surface area contributed by atoms with E-state index in [0.29, 0.717) is 38.5 Å². The Balaban J connectivity index is 1.40. The number of Topliss-reactive ketones (excluding diaryl/α,β-unsaturated/α-hetero) is 1. The fourth-order valence-corrected chi connectivity index (χ4v) is 11.0. The molecule has 3 fully saturated rings. The van der Waals surface area contributed by atoms with Crippen molar-refractivity contribution in [2.75, 3.05) is 79.6 Å². The summed E-state index contributed by atoms with van der Waals surface area (Å²) in [5.74, 6) is -5.52. The van der Waals surface area contributed by atoms with Crippen molar-refractivity contribution >= 4 is 58.6 Å². The number of hydrogen-bond acceptors (Lipinski definition) is 18. The average molecular weight is 1110 g/mol. The van der Waals surface area contributed by atoms with E-state index in [-0.39, 0.29) is 83.9 Å². The van der Waals surface area contributed by atoms with Crippen LogP contribution in [0.5, 0.6) is 11.5 Å². The molecule has 2 amide bonds. The lowest BCUT2D eigenvalue weighted by Crippen LogP contribution is -2.60. The van der Waals surface area contributed by atoms with E-state index >= 15 is 0 Å². The van der Waals surface area contributed by atoms with Crippen molar-refractivity contribution in [3.63, 3.8) is 0 Å². The van der Waals surface area contributed by atoms with E-state index in [1.807, 2.05) is 30.8 Å². The van der Waals surface area contributed by atoms with E-state index in [1.165, 1.54) is 32.7 Å². The van der Waals surface area contributed by atoms with Crippen LogP contribution < -0.4 is 20.1 Å². The summed E-state index contributed by atoms with van der Waals surface area (Å²) in [4.78, 5) is 78.5. The summed E-state index contributed by atoms with van der Waals surface area (Å²) in [5.41, 5.74) is -2.45. The van der Waals surface area contributed by atoms with Crippen LogP contribution in [0.4, 0.5) is 10.5 Å². The Morgan fingerprint density at radius 1 is 0.974 bits per heavy atom. The van der Waals surface area contributed by atoms with Gasteiger partial charge in [0.25, 0.3) is 5.91 Å². The second kappa shape index (κ2) is 28.0. The smallest absolute Gasteiger partial charge is 0.407 e. The number of likely N-dealkylation sites (N-methyl/N-ethyl adjacent to an activating group) is 1. The van der Waals surface area contributed by atoms with E-state index < -0.39 is 95.4 Å². The van der Waals surface area contributed by atoms with E-state index in [4.69, 9.17) is 65.8 Å². The first-order valence-electron chi connectivity index (χ1n) is 26.2. The highest BCUT2D eigenvalue weighted by Gasteiger charge is 2.54. The molecule has 76 heavy (non-hydrogen) atoms. The number of aliphatic hydroxyl groups excluding tert-OH is 1. The molecule has 3 aliphatic heterocycles. The van der Waals surface area contributed by atoms with Crippen LogP contribution in [-0.2, 0) is 47.5 Å². The number of morpholine rings is 1. The molecule has 22 heteroatoms. The zero-order valence-corrected chi connectivity index (χ0v) is 47.9. The number of rotatable bonds is 17. The molecule has 0 unspecified atom stereocenters. The van der Waals surface area contributed by atoms with Crippen LogP contribution >= 0.6 is 23.2 Å². The second-order valence-corrected chi connectivity index (χ2v) is 21.9. The summed E-state index contributed by atoms with van der Waals surface area (Å²) in [6.45, 7) is 17.9. The third-order valence-electron chi connectivity index (χ3n) is 15.5. The van der Waals surface area contributed by atoms with Crippen LogP contribution in [0, 0.1) is 29.6 Å². The number of ketones is 1. The van der Waals surface area contributed by atoms with E-state index in [1.54, 1.807) is 67.5 Å². The molecular weight excluding hydrogens is 1030 g/mol. The monoisotopic (exact) mass is 1110 g/mol. The zero-order chi connectivity index (χ0) is 56.2. The van der Waals surface area contributed by atoms with Gasteiger partial charge in [0.1, 0.15) is 24.1 Å². The molecule has 3 saturated heterocycles. The molecule has 3 N–H and O–H groups in total. The number of alkyl carbamates (subject to hydrolysis) is 1. The summed E-state index contributed by atoms with van der Waals surface area (Å²) >= 11 is 12.4. The van der Waals surface area contributed by atoms with Crippen LogP contribution in [0.3, 0.4) is 0 Å². The van der Waals surface area contributed by atoms with Gasteiger partial charge >= 0.3 is 18.0 Å². The number of methoxy groups -OCH3 is 2. The summed E-state index contributed by atoms with van der Waals surface area (Å²) in [6, 6.07) is 4.31. The van der Waals surface area contributed by atoms with Crippen LogP contribution in [0.2, 0.25) is 10.0 Å². The predicted octanol–water partition coefficient (Wildman–Crippen LogP) is 6.84. The molecule has 2 aromatic rings. The standard InChI is InChI=1S/C54H81Cl2N5O15/c1-14-42-54(9,76-52(67)58-18-15-21-71-41-25-36(16-17-40(41)68-12)49(65)59-44-37(55)27-57-28-38(44)56)35(7)32(4)45(63)30(2)26-53(8,69-13)48(75-51-46(64)39(60(10)11)24-31(3)72-51)33(5)47(34(6)50(66)73-42)74-43(62)29-61-19-22-70-23-20-61/h16-17,25,27-28,30-35,39,42,46-48,51,64H,14-15,18-24,26,29H2,1-13H3,(H,58,67)(H,57,59,65)/t30-,31-,32-,33+,34-,35-,39+,42-,46-,47+,48-,51+,53-,54+/m1/s1. The number of hydrogen-bond donors (Lipinski definition) is 3. The summed E-state index contributed by atoms with van der Waals surface area (Å²) in [7, 11) is 6.71. The average Bonchev–Trinajstić information content (AvgIpc) is 3.39. The highest BCUT2D eigenvalue weighted by molar-refractivity contribution is 6.39. The normalized spacial score (nSPS) is 32.1. The molecule has 0 aliphatic carbocycles. The number of pyridine rings is 1. The molecule has 0 bridgehead atoms. The number of aliphatic hydroxyl groups is 1. The van der Waals surface area contributed by atoms with Crippen LogP contribution in [0.15, 0.2) is 30.6 Å². The number of anilines is 1. The Morgan fingerprint density at radius 2 is 1.64 bits per heavy atom. The first kappa shape index (κ1) is 62.5. The van der Waals surface area contributed by atoms with Gasteiger partial charge in [-0.05, 0) is 85.7 Å². The molecule has 0 spiro atoms. The molecule has 5 rings (SSSR count). The molecule has 4 heterocycles. The van der Waals surface area contributed by atoms with E-state index in [0.717, 1.165) is 0 Å². The number of nitrogens with one attached hydrogen (secondary N) is 2. The maximum Gasteiger partial charge on any atom is 0.407 e. The molecule has 426 valence electrons. The Kier molecular flexibility index (Phi) is 23.0. The predicted molar refractivity (Wildman–Crippen MR) is 284 cm³/mol. The van der Waals surface area contributed by atoms with Crippen LogP contribution in [0.25, 0.3) is 0 Å². The van der Waals surface area contributed by atoms with Gasteiger partial charge in [0.05, 0.1) is 72.9 Å². The Hall–Kier alpha value is -4.38. The third-order valence-corrected chi connectivity index (χ3v) is 16.0. The minimum atomic E-state index is -1.58. The summed E-state index contributed by atoms with van der Waals surface area (Å²) < 4.78 is 55.6. The lowest BCUT2D eigenvalue weighted by Gasteiger charge is -2.48. The van der Waals surface area contributed by atoms with E-state index in [2.05, 4.69) is 15.6 Å². The van der Waals surface area contributed by atoms with Crippen molar-refractivity contribution in [2.45, 2.75) is 142 Å². The Labute approximate surface area is 457 Å². The van der Waals surface area contributed by atoms with Crippen molar-refractivity contribution in [1.82, 2.24) is 20.1 Å². The molecule has 3 aliphatic rings. The number of carbonyl (C=O) groups excluding carboxylic acids is 5. The maximum absolute atomic E-state index is 14.8. The first-order chi connectivity index (χ1) is 35.9. The lowest BCUT2D eigenvalue weighted by atomic mass is 9.71. The van der Waals surface area contributed by atoms with Crippen molar-refractivity contribution in [3.05, 3.63) is 46.2 Å². The number of nitrogens with zero attached hydrogens (tertiary/aromatic N) is 3. The molecular formula is C54H81Cl2N5O15. The van der Waals surface area contributed by atoms with E-state index in [9.17, 15) is 29.1 Å². The number of aromatic nitrogens is 1. The van der Waals surface area contributed by atoms with Gasteiger partial charge in [0.2, 0.25) is 0 Å². The van der Waals surface area contributed by atoms with Gasteiger partial charge in [0.15, 0.2) is 23.4 Å². The van der Waals surface area contributed by atoms with Gasteiger partial charge in [-0.1, -0.05) is 57.8 Å². The number of amides is 2. The van der Waals surface area contributed by atoms with Crippen molar-refractivity contribution < 1.29 is 71.7 Å². The number of carbonyl (C=O) groups is 5. The van der Waals surface area contributed by atoms with Gasteiger partial charge in [-0.2, -0.15) is 0 Å². The maximum atomic E-state index is 14.8. The van der Waals surface area contributed by atoms with Crippen molar-refractivity contribution in [1.29, 1.82) is 0 Å². The number of halogens is 2. The zero-order valence-electron chi connectivity index (χ0n) is 46.4. The topological polar surface area (TPSA) is 232 Å². The molecule has 20 nitrogen and oxygen atoms in total. The molecule has 0 saturated carbocycles. The van der Waals surface area contributed by atoms with Crippen LogP contribution in [0.1, 0.15) is 98.4 Å². The van der Waals surface area contributed by atoms with Crippen molar-refractivity contribution in [2.24, 2.45) is 29.6 Å². The number of cyclic esters (lactones) is 1. The molecule has 1 aromatic heterocycles. The van der Waals surface area contributed by atoms with Gasteiger partial charge in [0, 0.05) is 74.4 Å². The second-order valence-electron chi connectivity index (χ2n) is 21.1. The third kappa shape index (κ3) is 15.5. The fourth-order valence-electron chi connectivity index (χ4n) is 10.6. The van der Waals surface area contributed by atoms with Gasteiger partial charge < -0.3 is 63.3 Å². The molecule has 0 radical (unpaired) electrons. The molecule has 1 aromatic carbocycles. The highest BCUT2D eigenvalue weighted by Crippen LogP contribution is 2.42. The van der Waals surface area contributed by atoms with Gasteiger partial charge in [-0.25, -0.2) is 4.79 Å². The summed E-state index contributed by atoms with van der Waals surface area (Å²) in [5, 5.41) is 17.5. The van der Waals surface area contributed by atoms with Gasteiger partial charge in [-0.3, -0.25) is 29.1 Å². The molecule has 14 atom stereocenters. The Morgan fingerprint density at radius 3 is 2.26 bits per heavy atom. The minimum absolute atomic E-state index is 0.0701. The summed E-state index contributed by atoms with van der Waals surface area (Å²) in [6.07, 6.45) is -2.89. The fraction of sp³-hybridized carbons (Fsp3) is 0.704. The van der Waals surface area contributed by atoms with Crippen molar-refractivity contribution in [3.8, 4) is 11.5 Å². The van der Waals surface area contributed by atoms with Crippen LogP contribution in [-0.4, -0.2) is 178 Å². The number of esters is 2. The van der Waals surface area contributed by atoms with Gasteiger partial charge in [-0.15, -0.1) is 0 Å². The number of ether oxygens (including phenoxy) is 9. The quantitative estimate of drug-likeness (QED) is 0.0836. The lowest BCUT2D eigenvalue weighted by molar-refractivity contribution is -0.301. The highest BCUT2D eigenvalue weighted by atomic mass is 35.5. The SMILES string of the molecule is CC[C@H]1OC(=O)[C@H](C)[C@@H](OC(=O)CN2CCOCC2)[C@H](C)[C@@H](O[C@@H]2O[C@H](C)C[C@H](N(C)C)[C@H]2O)[C@](C)(OC)C[C@@H](C)C(=O)[C@H](C)[C@@H](C)[C@]1(C)OC(=O)NCCCOc1cc(C(=O)Nc2c(Cl)cncc2Cl)ccc1OC. The first-order valence-corrected chi connectivity index (χ1v) is 27.0. The number of benzene rings is 1.